The van der Waals surface area contributed by atoms with Crippen molar-refractivity contribution in [3.8, 4) is 0 Å². The van der Waals surface area contributed by atoms with E-state index in [2.05, 4.69) is 30.7 Å². The van der Waals surface area contributed by atoms with Crippen LogP contribution in [0.25, 0.3) is 5.57 Å². The van der Waals surface area contributed by atoms with Crippen LogP contribution in [-0.4, -0.2) is 42.5 Å². The highest BCUT2D eigenvalue weighted by Gasteiger charge is 2.20. The molecule has 208 valence electrons. The lowest BCUT2D eigenvalue weighted by molar-refractivity contribution is -0.114. The van der Waals surface area contributed by atoms with Gasteiger partial charge in [-0.25, -0.2) is 8.78 Å². The van der Waals surface area contributed by atoms with Crippen LogP contribution in [-0.2, 0) is 4.79 Å². The van der Waals surface area contributed by atoms with Crippen LogP contribution in [0.2, 0.25) is 5.02 Å². The molecule has 0 aliphatic rings. The molecule has 0 heterocycles. The lowest BCUT2D eigenvalue weighted by atomic mass is 9.99. The van der Waals surface area contributed by atoms with Gasteiger partial charge in [-0.2, -0.15) is 0 Å². The molecule has 4 N–H and O–H groups in total. The number of aliphatic hydroxyl groups excluding tert-OH is 1. The number of carbonyl (C=O) groups excluding carboxylic acids is 1. The van der Waals surface area contributed by atoms with E-state index in [1.54, 1.807) is 37.9 Å². The van der Waals surface area contributed by atoms with Gasteiger partial charge in [0.25, 0.3) is 6.43 Å². The maximum Gasteiger partial charge on any atom is 0.263 e. The Labute approximate surface area is 229 Å². The number of allylic oxidation sites excluding steroid dienone is 2. The molecular formula is C29H39ClF2N4O2. The first kappa shape index (κ1) is 32.8. The average molecular weight is 549 g/mol. The number of anilines is 2. The molecule has 0 aromatic heterocycles. The zero-order valence-electron chi connectivity index (χ0n) is 22.9. The molecule has 0 bridgehead atoms. The molecule has 0 aliphatic carbocycles. The number of aliphatic imine (C=N–C) groups is 1. The number of nitrogens with one attached hydrogen (secondary N) is 1. The summed E-state index contributed by atoms with van der Waals surface area (Å²) >= 11 is 6.68. The number of benzene rings is 2. The lowest BCUT2D eigenvalue weighted by Crippen LogP contribution is -2.31. The Balaban J connectivity index is 0.00000229. The normalized spacial score (nSPS) is 13.1. The fraction of sp³-hybridized carbons (Fsp3) is 0.379. The van der Waals surface area contributed by atoms with Crippen molar-refractivity contribution in [3.05, 3.63) is 77.0 Å². The number of alkyl halides is 2. The molecule has 6 nitrogen and oxygen atoms in total. The smallest absolute Gasteiger partial charge is 0.263 e. The van der Waals surface area contributed by atoms with Crippen molar-refractivity contribution in [1.29, 1.82) is 0 Å². The summed E-state index contributed by atoms with van der Waals surface area (Å²) < 4.78 is 25.6. The van der Waals surface area contributed by atoms with E-state index in [0.717, 1.165) is 11.1 Å². The minimum atomic E-state index is -2.58. The monoisotopic (exact) mass is 548 g/mol. The molecule has 0 saturated heterocycles. The second kappa shape index (κ2) is 15.9. The molecular weight excluding hydrogens is 510 g/mol. The van der Waals surface area contributed by atoms with Crippen LogP contribution in [0.4, 0.5) is 20.2 Å². The van der Waals surface area contributed by atoms with Crippen LogP contribution in [0.1, 0.15) is 64.2 Å². The summed E-state index contributed by atoms with van der Waals surface area (Å²) in [7, 11) is 1.72. The molecule has 2 atom stereocenters. The molecule has 0 radical (unpaired) electrons. The van der Waals surface area contributed by atoms with E-state index in [9.17, 15) is 18.7 Å². The highest BCUT2D eigenvalue weighted by atomic mass is 35.5. The number of hydrogen-bond donors (Lipinski definition) is 3. The summed E-state index contributed by atoms with van der Waals surface area (Å²) in [6.45, 7) is 13.4. The fourth-order valence-electron chi connectivity index (χ4n) is 3.22. The zero-order chi connectivity index (χ0) is 29.0. The van der Waals surface area contributed by atoms with Crippen molar-refractivity contribution in [3.63, 3.8) is 0 Å². The summed E-state index contributed by atoms with van der Waals surface area (Å²) in [6.07, 6.45) is 0.885. The van der Waals surface area contributed by atoms with Gasteiger partial charge in [0, 0.05) is 29.5 Å². The molecule has 1 amide bonds. The number of likely N-dealkylation sites (N-methyl/N-ethyl adjacent to an activating group) is 1. The van der Waals surface area contributed by atoms with Gasteiger partial charge in [-0.15, -0.1) is 0 Å². The van der Waals surface area contributed by atoms with E-state index in [4.69, 9.17) is 17.3 Å². The minimum Gasteiger partial charge on any atom is -0.405 e. The first-order valence-corrected chi connectivity index (χ1v) is 12.8. The third kappa shape index (κ3) is 9.91. The van der Waals surface area contributed by atoms with Crippen molar-refractivity contribution in [1.82, 2.24) is 0 Å². The summed E-state index contributed by atoms with van der Waals surface area (Å²) in [4.78, 5) is 19.0. The number of nitrogens with two attached hydrogens (primary N) is 1. The molecule has 2 unspecified atom stereocenters. The van der Waals surface area contributed by atoms with Gasteiger partial charge >= 0.3 is 0 Å². The third-order valence-electron chi connectivity index (χ3n) is 5.35. The predicted molar refractivity (Wildman–Crippen MR) is 156 cm³/mol. The van der Waals surface area contributed by atoms with Crippen LogP contribution < -0.4 is 16.0 Å². The van der Waals surface area contributed by atoms with Crippen LogP contribution >= 0.6 is 11.6 Å². The molecule has 0 spiro atoms. The van der Waals surface area contributed by atoms with E-state index in [1.165, 1.54) is 36.9 Å². The number of nitrogens with zero attached hydrogens (tertiary/aromatic N) is 2. The minimum absolute atomic E-state index is 0.0643. The number of aliphatic hydroxyl groups is 1. The second-order valence-electron chi connectivity index (χ2n) is 9.02. The van der Waals surface area contributed by atoms with Gasteiger partial charge in [-0.3, -0.25) is 9.79 Å². The van der Waals surface area contributed by atoms with Crippen LogP contribution in [0.5, 0.6) is 0 Å². The number of halogens is 3. The van der Waals surface area contributed by atoms with E-state index in [1.807, 2.05) is 13.0 Å². The number of carbonyl (C=O) groups is 1. The number of rotatable bonds is 10. The second-order valence-corrected chi connectivity index (χ2v) is 9.43. The molecule has 0 fully saturated rings. The van der Waals surface area contributed by atoms with Gasteiger partial charge in [0.2, 0.25) is 5.91 Å². The molecule has 2 aromatic rings. The van der Waals surface area contributed by atoms with Gasteiger partial charge < -0.3 is 21.1 Å². The first-order valence-electron chi connectivity index (χ1n) is 12.4. The van der Waals surface area contributed by atoms with Gasteiger partial charge in [0.15, 0.2) is 0 Å². The van der Waals surface area contributed by atoms with Crippen molar-refractivity contribution >= 4 is 40.2 Å². The van der Waals surface area contributed by atoms with Crippen LogP contribution in [0.3, 0.4) is 0 Å². The zero-order valence-corrected chi connectivity index (χ0v) is 23.7. The standard InChI is InChI=1S/C26H31ClF2N4O2.C3H8/c1-15(2)19-12-21(27)25(22(10-11-30)31-16(3)17(4)34)23(13-19)33(5)14-24(35)32-20-8-6-18(7-9-20)26(28)29;1-3-2/h6-13,16-17,26,34H,1,14,30H2,2-5H3,(H,32,35);3H2,1-2H3/b11-10-,31-22?;. The van der Waals surface area contributed by atoms with Crippen LogP contribution in [0, 0.1) is 0 Å². The molecule has 38 heavy (non-hydrogen) atoms. The average Bonchev–Trinajstić information content (AvgIpc) is 2.83. The van der Waals surface area contributed by atoms with Gasteiger partial charge in [0.05, 0.1) is 29.4 Å². The Morgan fingerprint density at radius 1 is 1.24 bits per heavy atom. The first-order chi connectivity index (χ1) is 17.9. The van der Waals surface area contributed by atoms with Crippen molar-refractivity contribution in [2.24, 2.45) is 10.7 Å². The molecule has 0 saturated carbocycles. The van der Waals surface area contributed by atoms with Crippen molar-refractivity contribution in [2.45, 2.75) is 59.6 Å². The van der Waals surface area contributed by atoms with Crippen molar-refractivity contribution < 1.29 is 18.7 Å². The number of hydrogen-bond acceptors (Lipinski definition) is 5. The van der Waals surface area contributed by atoms with Crippen molar-refractivity contribution in [2.75, 3.05) is 23.8 Å². The highest BCUT2D eigenvalue weighted by Crippen LogP contribution is 2.33. The molecule has 0 aliphatic heterocycles. The molecule has 2 rings (SSSR count). The predicted octanol–water partition coefficient (Wildman–Crippen LogP) is 6.83. The summed E-state index contributed by atoms with van der Waals surface area (Å²) in [5, 5.41) is 13.0. The topological polar surface area (TPSA) is 91.0 Å². The maximum absolute atomic E-state index is 12.8. The third-order valence-corrected chi connectivity index (χ3v) is 5.65. The lowest BCUT2D eigenvalue weighted by Gasteiger charge is -2.25. The van der Waals surface area contributed by atoms with E-state index in [0.29, 0.717) is 27.7 Å². The summed E-state index contributed by atoms with van der Waals surface area (Å²) in [5.74, 6) is -0.356. The van der Waals surface area contributed by atoms with Gasteiger partial charge in [-0.1, -0.05) is 56.2 Å². The van der Waals surface area contributed by atoms with E-state index < -0.39 is 18.6 Å². The maximum atomic E-state index is 12.8. The van der Waals surface area contributed by atoms with Gasteiger partial charge in [-0.05, 0) is 62.9 Å². The van der Waals surface area contributed by atoms with Gasteiger partial charge in [0.1, 0.15) is 0 Å². The largest absolute Gasteiger partial charge is 0.405 e. The Morgan fingerprint density at radius 3 is 2.29 bits per heavy atom. The SMILES string of the molecule is C=C(C)c1cc(Cl)c(C(/C=C\N)=NC(C)C(C)O)c(N(C)CC(=O)Nc2ccc(C(F)F)cc2)c1.CCC. The Kier molecular flexibility index (Phi) is 13.7. The fourth-order valence-corrected chi connectivity index (χ4v) is 3.53. The number of amides is 1. The Morgan fingerprint density at radius 2 is 1.82 bits per heavy atom. The summed E-state index contributed by atoms with van der Waals surface area (Å²) in [5.41, 5.74) is 9.10. The van der Waals surface area contributed by atoms with Crippen LogP contribution in [0.15, 0.2) is 60.2 Å². The molecule has 9 heteroatoms. The molecule has 2 aromatic carbocycles. The Bertz CT molecular complexity index is 1130. The Hall–Kier alpha value is -3.23. The summed E-state index contributed by atoms with van der Waals surface area (Å²) in [6, 6.07) is 8.56. The van der Waals surface area contributed by atoms with E-state index >= 15 is 0 Å². The quantitative estimate of drug-likeness (QED) is 0.284. The highest BCUT2D eigenvalue weighted by molar-refractivity contribution is 6.36. The van der Waals surface area contributed by atoms with E-state index in [-0.39, 0.29) is 18.0 Å².